The zero-order valence-electron chi connectivity index (χ0n) is 29.9. The first-order chi connectivity index (χ1) is 27.3. The van der Waals surface area contributed by atoms with Crippen LogP contribution in [0.3, 0.4) is 0 Å². The first-order valence-corrected chi connectivity index (χ1v) is 18.8. The Morgan fingerprint density at radius 1 is 0.364 bits per heavy atom. The molecule has 0 amide bonds. The van der Waals surface area contributed by atoms with Gasteiger partial charge in [-0.15, -0.1) is 0 Å². The summed E-state index contributed by atoms with van der Waals surface area (Å²) in [7, 11) is 0. The molecule has 11 aromatic rings. The van der Waals surface area contributed by atoms with Crippen LogP contribution in [-0.4, -0.2) is 4.57 Å². The van der Waals surface area contributed by atoms with Crippen LogP contribution < -0.4 is 4.90 Å². The molecule has 0 aliphatic carbocycles. The molecule has 0 unspecified atom stereocenters. The van der Waals surface area contributed by atoms with Gasteiger partial charge in [0, 0.05) is 49.4 Å². The number of hydrogen-bond donors (Lipinski definition) is 0. The smallest absolute Gasteiger partial charge is 0.143 e. The maximum absolute atomic E-state index is 6.65. The molecule has 0 N–H and O–H groups in total. The average Bonchev–Trinajstić information content (AvgIpc) is 3.80. The zero-order valence-corrected chi connectivity index (χ0v) is 29.9. The monoisotopic (exact) mass is 702 g/mol. The van der Waals surface area contributed by atoms with Crippen LogP contribution >= 0.6 is 0 Å². The Balaban J connectivity index is 1.22. The van der Waals surface area contributed by atoms with Crippen molar-refractivity contribution in [1.82, 2.24) is 4.57 Å². The quantitative estimate of drug-likeness (QED) is 0.172. The van der Waals surface area contributed by atoms with Crippen LogP contribution in [0.4, 0.5) is 17.1 Å². The predicted molar refractivity (Wildman–Crippen MR) is 231 cm³/mol. The summed E-state index contributed by atoms with van der Waals surface area (Å²) in [5.74, 6) is 0. The van der Waals surface area contributed by atoms with Gasteiger partial charge in [-0.3, -0.25) is 0 Å². The number of para-hydroxylation sites is 5. The molecule has 11 rings (SSSR count). The Morgan fingerprint density at radius 3 is 1.85 bits per heavy atom. The fourth-order valence-corrected chi connectivity index (χ4v) is 8.56. The number of anilines is 3. The number of nitrogens with zero attached hydrogens (tertiary/aromatic N) is 2. The van der Waals surface area contributed by atoms with Gasteiger partial charge in [-0.25, -0.2) is 0 Å². The van der Waals surface area contributed by atoms with E-state index in [0.29, 0.717) is 0 Å². The predicted octanol–water partition coefficient (Wildman–Crippen LogP) is 14.6. The SMILES string of the molecule is c1ccc(-c2ccc(N(c3ccc4c5ccccc5n(-c5ccccc5)c4c3)c3ccccc3-c3cccc4c3oc3ccccc34)c3ccccc23)cc1. The lowest BCUT2D eigenvalue weighted by Crippen LogP contribution is -2.12. The van der Waals surface area contributed by atoms with E-state index in [2.05, 4.69) is 210 Å². The highest BCUT2D eigenvalue weighted by atomic mass is 16.3. The van der Waals surface area contributed by atoms with Gasteiger partial charge in [0.25, 0.3) is 0 Å². The van der Waals surface area contributed by atoms with Crippen molar-refractivity contribution in [2.45, 2.75) is 0 Å². The van der Waals surface area contributed by atoms with Gasteiger partial charge >= 0.3 is 0 Å². The van der Waals surface area contributed by atoms with E-state index in [1.54, 1.807) is 0 Å². The number of fused-ring (bicyclic) bond motifs is 7. The fourth-order valence-electron chi connectivity index (χ4n) is 8.56. The topological polar surface area (TPSA) is 21.3 Å². The molecule has 0 fully saturated rings. The van der Waals surface area contributed by atoms with Crippen LogP contribution in [-0.2, 0) is 0 Å². The first-order valence-electron chi connectivity index (χ1n) is 18.8. The first kappa shape index (κ1) is 31.2. The molecular formula is C52H34N2O. The third-order valence-corrected chi connectivity index (χ3v) is 11.0. The lowest BCUT2D eigenvalue weighted by molar-refractivity contribution is 0.670. The highest BCUT2D eigenvalue weighted by Crippen LogP contribution is 2.48. The maximum atomic E-state index is 6.65. The highest BCUT2D eigenvalue weighted by molar-refractivity contribution is 6.14. The molecular weight excluding hydrogens is 669 g/mol. The third kappa shape index (κ3) is 4.98. The minimum Gasteiger partial charge on any atom is -0.455 e. The van der Waals surface area contributed by atoms with Crippen molar-refractivity contribution in [3.8, 4) is 27.9 Å². The fraction of sp³-hybridized carbons (Fsp3) is 0. The van der Waals surface area contributed by atoms with Crippen LogP contribution in [0.1, 0.15) is 0 Å². The van der Waals surface area contributed by atoms with Crippen molar-refractivity contribution in [1.29, 1.82) is 0 Å². The van der Waals surface area contributed by atoms with Crippen LogP contribution in [0.2, 0.25) is 0 Å². The van der Waals surface area contributed by atoms with Crippen LogP contribution in [0.5, 0.6) is 0 Å². The summed E-state index contributed by atoms with van der Waals surface area (Å²) in [4.78, 5) is 2.44. The van der Waals surface area contributed by atoms with Gasteiger partial charge in [-0.2, -0.15) is 0 Å². The minimum absolute atomic E-state index is 0.889. The molecule has 0 saturated heterocycles. The van der Waals surface area contributed by atoms with Crippen LogP contribution in [0, 0.1) is 0 Å². The Bertz CT molecular complexity index is 3210. The van der Waals surface area contributed by atoms with Gasteiger partial charge < -0.3 is 13.9 Å². The Labute approximate surface area is 318 Å². The highest BCUT2D eigenvalue weighted by Gasteiger charge is 2.24. The lowest BCUT2D eigenvalue weighted by atomic mass is 9.95. The summed E-state index contributed by atoms with van der Waals surface area (Å²) >= 11 is 0. The second-order valence-corrected chi connectivity index (χ2v) is 14.1. The van der Waals surface area contributed by atoms with Crippen molar-refractivity contribution in [2.75, 3.05) is 4.90 Å². The van der Waals surface area contributed by atoms with Gasteiger partial charge in [0.15, 0.2) is 0 Å². The summed E-state index contributed by atoms with van der Waals surface area (Å²) in [5.41, 5.74) is 13.0. The summed E-state index contributed by atoms with van der Waals surface area (Å²) in [6.07, 6.45) is 0. The van der Waals surface area contributed by atoms with Gasteiger partial charge in [0.2, 0.25) is 0 Å². The summed E-state index contributed by atoms with van der Waals surface area (Å²) < 4.78 is 9.05. The molecule has 0 saturated carbocycles. The summed E-state index contributed by atoms with van der Waals surface area (Å²) in [6, 6.07) is 73.9. The van der Waals surface area contributed by atoms with Gasteiger partial charge in [0.1, 0.15) is 11.2 Å². The molecule has 0 spiro atoms. The van der Waals surface area contributed by atoms with Crippen molar-refractivity contribution < 1.29 is 4.42 Å². The molecule has 0 aliphatic rings. The number of furan rings is 1. The van der Waals surface area contributed by atoms with E-state index in [1.165, 1.54) is 38.2 Å². The van der Waals surface area contributed by atoms with E-state index >= 15 is 0 Å². The number of benzene rings is 9. The molecule has 0 radical (unpaired) electrons. The van der Waals surface area contributed by atoms with Crippen molar-refractivity contribution >= 4 is 71.6 Å². The number of hydrogen-bond acceptors (Lipinski definition) is 2. The van der Waals surface area contributed by atoms with Crippen LogP contribution in [0.25, 0.3) is 82.5 Å². The standard InChI is InChI=1S/C52H34N2O/c1-3-16-35(17-4-1)38-32-33-49(40-21-8-7-20-39(38)40)54(37-30-31-43-41-22-9-12-27-47(41)53(50(43)34-37)36-18-5-2-6-19-36)48-28-13-10-23-42(48)45-25-15-26-46-44-24-11-14-29-51(44)55-52(45)46/h1-34H. The van der Waals surface area contributed by atoms with Crippen molar-refractivity contribution in [3.05, 3.63) is 206 Å². The molecule has 0 bridgehead atoms. The van der Waals surface area contributed by atoms with E-state index in [-0.39, 0.29) is 0 Å². The van der Waals surface area contributed by atoms with Crippen molar-refractivity contribution in [2.24, 2.45) is 0 Å². The number of rotatable bonds is 6. The largest absolute Gasteiger partial charge is 0.455 e. The van der Waals surface area contributed by atoms with E-state index in [1.807, 2.05) is 6.07 Å². The third-order valence-electron chi connectivity index (χ3n) is 11.0. The molecule has 55 heavy (non-hydrogen) atoms. The molecule has 2 aromatic heterocycles. The van der Waals surface area contributed by atoms with E-state index in [4.69, 9.17) is 4.42 Å². The van der Waals surface area contributed by atoms with E-state index in [9.17, 15) is 0 Å². The Hall–Kier alpha value is -7.36. The Kier molecular flexibility index (Phi) is 7.17. The summed E-state index contributed by atoms with van der Waals surface area (Å²) in [5, 5.41) is 7.05. The number of aromatic nitrogens is 1. The van der Waals surface area contributed by atoms with Gasteiger partial charge in [0.05, 0.1) is 22.4 Å². The van der Waals surface area contributed by atoms with Crippen LogP contribution in [0.15, 0.2) is 211 Å². The Morgan fingerprint density at radius 2 is 1.00 bits per heavy atom. The molecule has 9 aromatic carbocycles. The molecule has 3 nitrogen and oxygen atoms in total. The van der Waals surface area contributed by atoms with Crippen molar-refractivity contribution in [3.63, 3.8) is 0 Å². The molecule has 0 aliphatic heterocycles. The molecule has 2 heterocycles. The van der Waals surface area contributed by atoms with E-state index < -0.39 is 0 Å². The molecule has 258 valence electrons. The van der Waals surface area contributed by atoms with Gasteiger partial charge in [-0.1, -0.05) is 158 Å². The average molecular weight is 703 g/mol. The van der Waals surface area contributed by atoms with Gasteiger partial charge in [-0.05, 0) is 65.0 Å². The second kappa shape index (κ2) is 12.6. The van der Waals surface area contributed by atoms with E-state index in [0.717, 1.165) is 61.3 Å². The second-order valence-electron chi connectivity index (χ2n) is 14.1. The lowest BCUT2D eigenvalue weighted by Gasteiger charge is -2.29. The molecule has 0 atom stereocenters. The normalized spacial score (nSPS) is 11.6. The molecule has 3 heteroatoms. The summed E-state index contributed by atoms with van der Waals surface area (Å²) in [6.45, 7) is 0. The minimum atomic E-state index is 0.889. The maximum Gasteiger partial charge on any atom is 0.143 e. The zero-order chi connectivity index (χ0) is 36.3.